The minimum Gasteiger partial charge on any atom is -0.493 e. The number of hydrogen-bond donors (Lipinski definition) is 2. The van der Waals surface area contributed by atoms with Gasteiger partial charge in [-0.15, -0.1) is 23.5 Å². The largest absolute Gasteiger partial charge is 0.493 e. The third-order valence-corrected chi connectivity index (χ3v) is 7.54. The predicted molar refractivity (Wildman–Crippen MR) is 109 cm³/mol. The van der Waals surface area contributed by atoms with Crippen LogP contribution in [0, 0.1) is 11.8 Å². The van der Waals surface area contributed by atoms with Crippen LogP contribution in [0.15, 0.2) is 36.4 Å². The molecule has 0 aromatic heterocycles. The van der Waals surface area contributed by atoms with Gasteiger partial charge in [-0.05, 0) is 48.9 Å². The number of nitrogens with two attached hydrogens (primary N) is 1. The van der Waals surface area contributed by atoms with Gasteiger partial charge >= 0.3 is 5.97 Å². The Hall–Kier alpha value is -2.23. The second kappa shape index (κ2) is 7.56. The van der Waals surface area contributed by atoms with Gasteiger partial charge in [0.1, 0.15) is 5.75 Å². The third kappa shape index (κ3) is 3.50. The van der Waals surface area contributed by atoms with Gasteiger partial charge in [-0.3, -0.25) is 0 Å². The van der Waals surface area contributed by atoms with E-state index in [1.807, 2.05) is 35.7 Å². The number of thioether (sulfide) groups is 2. The van der Waals surface area contributed by atoms with E-state index in [1.165, 1.54) is 6.07 Å². The van der Waals surface area contributed by atoms with Crippen LogP contribution in [0.5, 0.6) is 5.75 Å². The van der Waals surface area contributed by atoms with E-state index in [0.717, 1.165) is 29.9 Å². The van der Waals surface area contributed by atoms with Gasteiger partial charge in [-0.2, -0.15) is 0 Å². The van der Waals surface area contributed by atoms with Gasteiger partial charge in [0, 0.05) is 28.8 Å². The zero-order chi connectivity index (χ0) is 18.7. The van der Waals surface area contributed by atoms with Crippen molar-refractivity contribution in [3.63, 3.8) is 0 Å². The first-order valence-electron chi connectivity index (χ1n) is 8.01. The van der Waals surface area contributed by atoms with E-state index in [-0.39, 0.29) is 15.3 Å². The minimum atomic E-state index is -1.04. The Morgan fingerprint density at radius 2 is 1.81 bits per heavy atom. The molecule has 1 aliphatic rings. The average molecular weight is 386 g/mol. The molecular weight excluding hydrogens is 366 g/mol. The molecule has 0 bridgehead atoms. The molecule has 0 radical (unpaired) electrons. The van der Waals surface area contributed by atoms with Gasteiger partial charge in [0.05, 0.1) is 16.2 Å². The fraction of sp³-hybridized carbons (Fsp3) is 0.250. The highest BCUT2D eigenvalue weighted by atomic mass is 32.2. The van der Waals surface area contributed by atoms with Gasteiger partial charge in [-0.1, -0.05) is 11.8 Å². The molecule has 1 heterocycles. The molecule has 6 heteroatoms. The zero-order valence-corrected chi connectivity index (χ0v) is 16.2. The van der Waals surface area contributed by atoms with Crippen molar-refractivity contribution in [2.24, 2.45) is 0 Å². The number of benzene rings is 2. The van der Waals surface area contributed by atoms with Crippen LogP contribution in [-0.2, 0) is 4.08 Å². The molecule has 3 N–H and O–H groups in total. The molecule has 0 saturated carbocycles. The molecule has 0 fully saturated rings. The summed E-state index contributed by atoms with van der Waals surface area (Å²) in [6.07, 6.45) is 5.19. The van der Waals surface area contributed by atoms with E-state index in [9.17, 15) is 4.79 Å². The Morgan fingerprint density at radius 1 is 1.15 bits per heavy atom. The van der Waals surface area contributed by atoms with Crippen LogP contribution in [0.1, 0.15) is 33.5 Å². The summed E-state index contributed by atoms with van der Waals surface area (Å²) in [6.45, 7) is 0.717. The predicted octanol–water partition coefficient (Wildman–Crippen LogP) is 4.03. The van der Waals surface area contributed by atoms with Crippen molar-refractivity contribution in [3.05, 3.63) is 58.7 Å². The first kappa shape index (κ1) is 18.6. The Balaban J connectivity index is 1.95. The van der Waals surface area contributed by atoms with Crippen LogP contribution in [0.25, 0.3) is 0 Å². The average Bonchev–Trinajstić information content (AvgIpc) is 2.65. The Morgan fingerprint density at radius 3 is 2.42 bits per heavy atom. The number of nitrogen functional groups attached to an aromatic ring is 1. The lowest BCUT2D eigenvalue weighted by Crippen LogP contribution is -2.26. The summed E-state index contributed by atoms with van der Waals surface area (Å²) in [5.41, 5.74) is 8.82. The Labute approximate surface area is 161 Å². The number of fused-ring (bicyclic) bond motifs is 1. The number of ether oxygens (including phenoxy) is 1. The monoisotopic (exact) mass is 385 g/mol. The zero-order valence-electron chi connectivity index (χ0n) is 14.5. The summed E-state index contributed by atoms with van der Waals surface area (Å²) in [4.78, 5) is 11.0. The number of hydrogen-bond acceptors (Lipinski definition) is 5. The first-order valence-corrected chi connectivity index (χ1v) is 10.5. The lowest BCUT2D eigenvalue weighted by molar-refractivity contribution is 0.0698. The molecule has 0 unspecified atom stereocenters. The fourth-order valence-electron chi connectivity index (χ4n) is 2.95. The van der Waals surface area contributed by atoms with Crippen molar-refractivity contribution in [3.8, 4) is 17.6 Å². The van der Waals surface area contributed by atoms with Crippen molar-refractivity contribution in [1.82, 2.24) is 0 Å². The number of carboxylic acids is 1. The summed E-state index contributed by atoms with van der Waals surface area (Å²) in [5, 5.41) is 9.04. The Kier molecular flexibility index (Phi) is 5.40. The molecule has 0 amide bonds. The van der Waals surface area contributed by atoms with Gasteiger partial charge in [0.25, 0.3) is 0 Å². The molecule has 0 saturated heterocycles. The maximum Gasteiger partial charge on any atom is 0.337 e. The van der Waals surface area contributed by atoms with Gasteiger partial charge in [0.2, 0.25) is 0 Å². The summed E-state index contributed by atoms with van der Waals surface area (Å²) in [7, 11) is 0. The number of carbonyl (C=O) groups is 1. The normalized spacial score (nSPS) is 14.5. The minimum absolute atomic E-state index is 0.0150. The van der Waals surface area contributed by atoms with Crippen LogP contribution in [0.2, 0.25) is 0 Å². The van der Waals surface area contributed by atoms with E-state index in [2.05, 4.69) is 30.4 Å². The number of rotatable bonds is 3. The number of aromatic carboxylic acids is 1. The van der Waals surface area contributed by atoms with E-state index in [0.29, 0.717) is 5.56 Å². The summed E-state index contributed by atoms with van der Waals surface area (Å²) >= 11 is 3.66. The molecule has 1 aliphatic heterocycles. The molecular formula is C20H19NO3S2. The molecule has 134 valence electrons. The van der Waals surface area contributed by atoms with Crippen molar-refractivity contribution in [2.45, 2.75) is 10.5 Å². The van der Waals surface area contributed by atoms with Gasteiger partial charge in [0.15, 0.2) is 0 Å². The molecule has 2 aromatic rings. The van der Waals surface area contributed by atoms with Crippen molar-refractivity contribution >= 4 is 35.2 Å². The Bertz CT molecular complexity index is 911. The van der Waals surface area contributed by atoms with Crippen LogP contribution in [-0.4, -0.2) is 30.2 Å². The lowest BCUT2D eigenvalue weighted by Gasteiger charge is -2.36. The van der Waals surface area contributed by atoms with E-state index in [4.69, 9.17) is 15.6 Å². The summed E-state index contributed by atoms with van der Waals surface area (Å²) in [6, 6.07) is 10.7. The highest BCUT2D eigenvalue weighted by molar-refractivity contribution is 8.16. The number of carboxylic acid groups (broad SMARTS) is 1. The molecule has 0 aliphatic carbocycles. The molecule has 4 nitrogen and oxygen atoms in total. The molecule has 2 aromatic carbocycles. The van der Waals surface area contributed by atoms with Crippen molar-refractivity contribution in [1.29, 1.82) is 0 Å². The maximum absolute atomic E-state index is 11.0. The van der Waals surface area contributed by atoms with Crippen LogP contribution in [0.4, 0.5) is 5.69 Å². The molecule has 0 atom stereocenters. The molecule has 3 rings (SSSR count). The van der Waals surface area contributed by atoms with Crippen molar-refractivity contribution < 1.29 is 14.6 Å². The number of anilines is 1. The fourth-order valence-corrected chi connectivity index (χ4v) is 4.95. The lowest BCUT2D eigenvalue weighted by atomic mass is 10.0. The molecule has 26 heavy (non-hydrogen) atoms. The standard InChI is InChI=1S/C20H19NO3S2/c1-25-20(26-2)9-10-24-18-8-6-13(11-16(18)20)3-4-14-5-7-15(19(22)23)17(21)12-14/h5-8,11-12H,9-10,21H2,1-2H3,(H,22,23). The summed E-state index contributed by atoms with van der Waals surface area (Å²) in [5.74, 6) is 6.08. The maximum atomic E-state index is 11.0. The smallest absolute Gasteiger partial charge is 0.337 e. The van der Waals surface area contributed by atoms with Crippen LogP contribution in [0.3, 0.4) is 0 Å². The van der Waals surface area contributed by atoms with Gasteiger partial charge < -0.3 is 15.6 Å². The third-order valence-electron chi connectivity index (χ3n) is 4.37. The second-order valence-electron chi connectivity index (χ2n) is 5.83. The first-order chi connectivity index (χ1) is 12.5. The second-order valence-corrected chi connectivity index (χ2v) is 8.30. The topological polar surface area (TPSA) is 72.5 Å². The summed E-state index contributed by atoms with van der Waals surface area (Å²) < 4.78 is 5.79. The van der Waals surface area contributed by atoms with Crippen LogP contribution >= 0.6 is 23.5 Å². The van der Waals surface area contributed by atoms with Crippen molar-refractivity contribution in [2.75, 3.05) is 24.9 Å². The highest BCUT2D eigenvalue weighted by Gasteiger charge is 2.36. The SMILES string of the molecule is CSC1(SC)CCOc2ccc(C#Cc3ccc(C(=O)O)c(N)c3)cc21. The van der Waals surface area contributed by atoms with Crippen LogP contribution < -0.4 is 10.5 Å². The van der Waals surface area contributed by atoms with E-state index < -0.39 is 5.97 Å². The highest BCUT2D eigenvalue weighted by Crippen LogP contribution is 2.52. The van der Waals surface area contributed by atoms with E-state index >= 15 is 0 Å². The quantitative estimate of drug-likeness (QED) is 0.472. The molecule has 0 spiro atoms. The van der Waals surface area contributed by atoms with Gasteiger partial charge in [-0.25, -0.2) is 4.79 Å². The van der Waals surface area contributed by atoms with E-state index in [1.54, 1.807) is 12.1 Å².